The monoisotopic (exact) mass is 315 g/mol. The molecule has 1 heterocycles. The van der Waals surface area contributed by atoms with Crippen molar-refractivity contribution in [3.63, 3.8) is 0 Å². The maximum atomic E-state index is 12.9. The van der Waals surface area contributed by atoms with Crippen LogP contribution >= 0.6 is 0 Å². The van der Waals surface area contributed by atoms with E-state index in [0.717, 1.165) is 0 Å². The van der Waals surface area contributed by atoms with Crippen molar-refractivity contribution in [3.05, 3.63) is 39.4 Å². The van der Waals surface area contributed by atoms with E-state index in [9.17, 15) is 28.1 Å². The van der Waals surface area contributed by atoms with Crippen LogP contribution in [-0.4, -0.2) is 29.1 Å². The fraction of sp³-hybridized carbons (Fsp3) is 0.385. The predicted molar refractivity (Wildman–Crippen MR) is 71.5 cm³/mol. The highest BCUT2D eigenvalue weighted by Crippen LogP contribution is 2.30. The van der Waals surface area contributed by atoms with E-state index in [1.54, 1.807) is 0 Å². The second kappa shape index (κ2) is 5.74. The van der Waals surface area contributed by atoms with Gasteiger partial charge in [0.25, 0.3) is 5.69 Å². The van der Waals surface area contributed by atoms with Crippen LogP contribution in [0.1, 0.15) is 11.1 Å². The van der Waals surface area contributed by atoms with Gasteiger partial charge in [-0.2, -0.15) is 18.3 Å². The molecule has 2 rings (SSSR count). The van der Waals surface area contributed by atoms with Crippen molar-refractivity contribution in [1.82, 2.24) is 5.43 Å². The lowest BCUT2D eigenvalue weighted by atomic mass is 9.89. The molecular weight excluding hydrogens is 303 g/mol. The summed E-state index contributed by atoms with van der Waals surface area (Å²) in [6.07, 6.45) is -4.34. The molecule has 0 saturated heterocycles. The molecular formula is C13H12F3N3O3. The topological polar surface area (TPSA) is 84.6 Å². The van der Waals surface area contributed by atoms with Gasteiger partial charge in [0, 0.05) is 17.5 Å². The normalized spacial score (nSPS) is 21.2. The summed E-state index contributed by atoms with van der Waals surface area (Å²) in [6, 6.07) is 3.02. The highest BCUT2D eigenvalue weighted by Gasteiger charge is 2.47. The minimum absolute atomic E-state index is 0.0897. The summed E-state index contributed by atoms with van der Waals surface area (Å²) in [4.78, 5) is 21.1. The summed E-state index contributed by atoms with van der Waals surface area (Å²) >= 11 is 0. The molecule has 1 N–H and O–H groups in total. The van der Waals surface area contributed by atoms with Gasteiger partial charge < -0.3 is 4.79 Å². The Morgan fingerprint density at radius 3 is 2.64 bits per heavy atom. The fourth-order valence-electron chi connectivity index (χ4n) is 2.41. The SMILES string of the molecule is Cc1cc(CC2C(C(F)(F)F)=NNC2C=O)ccc1[N+](=O)[O-]. The van der Waals surface area contributed by atoms with E-state index in [1.165, 1.54) is 25.1 Å². The largest absolute Gasteiger partial charge is 0.431 e. The minimum atomic E-state index is -4.63. The molecule has 0 radical (unpaired) electrons. The smallest absolute Gasteiger partial charge is 0.301 e. The van der Waals surface area contributed by atoms with E-state index < -0.39 is 28.8 Å². The van der Waals surface area contributed by atoms with Gasteiger partial charge in [-0.1, -0.05) is 6.07 Å². The Hall–Kier alpha value is -2.45. The van der Waals surface area contributed by atoms with E-state index in [1.807, 2.05) is 0 Å². The molecule has 0 aliphatic carbocycles. The van der Waals surface area contributed by atoms with Crippen LogP contribution < -0.4 is 5.43 Å². The number of nitro benzene ring substituents is 1. The maximum Gasteiger partial charge on any atom is 0.431 e. The predicted octanol–water partition coefficient (Wildman–Crippen LogP) is 2.15. The van der Waals surface area contributed by atoms with E-state index >= 15 is 0 Å². The molecule has 2 atom stereocenters. The van der Waals surface area contributed by atoms with Gasteiger partial charge in [-0.15, -0.1) is 0 Å². The number of nitrogens with one attached hydrogen (secondary N) is 1. The first-order valence-corrected chi connectivity index (χ1v) is 6.33. The van der Waals surface area contributed by atoms with Crippen LogP contribution in [0.5, 0.6) is 0 Å². The molecule has 1 aromatic carbocycles. The number of nitrogens with zero attached hydrogens (tertiary/aromatic N) is 2. The molecule has 0 amide bonds. The van der Waals surface area contributed by atoms with Crippen molar-refractivity contribution in [2.45, 2.75) is 25.6 Å². The number of halogens is 3. The average Bonchev–Trinajstić information content (AvgIpc) is 2.81. The van der Waals surface area contributed by atoms with Gasteiger partial charge in [0.15, 0.2) is 0 Å². The Bertz CT molecular complexity index is 643. The Balaban J connectivity index is 2.27. The molecule has 0 spiro atoms. The van der Waals surface area contributed by atoms with Gasteiger partial charge in [-0.3, -0.25) is 15.5 Å². The quantitative estimate of drug-likeness (QED) is 0.524. The molecule has 2 unspecified atom stereocenters. The molecule has 0 aromatic heterocycles. The van der Waals surface area contributed by atoms with Gasteiger partial charge >= 0.3 is 6.18 Å². The summed E-state index contributed by atoms with van der Waals surface area (Å²) < 4.78 is 38.7. The van der Waals surface area contributed by atoms with Gasteiger partial charge in [-0.25, -0.2) is 0 Å². The van der Waals surface area contributed by atoms with Crippen LogP contribution in [0.15, 0.2) is 23.3 Å². The molecule has 1 aliphatic heterocycles. The number of alkyl halides is 3. The van der Waals surface area contributed by atoms with E-state index in [0.29, 0.717) is 17.4 Å². The van der Waals surface area contributed by atoms with Crippen molar-refractivity contribution < 1.29 is 22.9 Å². The van der Waals surface area contributed by atoms with Crippen LogP contribution in [0.4, 0.5) is 18.9 Å². The molecule has 1 aromatic rings. The number of hydrogen-bond donors (Lipinski definition) is 1. The number of nitro groups is 1. The Morgan fingerprint density at radius 1 is 1.45 bits per heavy atom. The van der Waals surface area contributed by atoms with Crippen molar-refractivity contribution in [1.29, 1.82) is 0 Å². The second-order valence-corrected chi connectivity index (χ2v) is 4.97. The number of aryl methyl sites for hydroxylation is 1. The summed E-state index contributed by atoms with van der Waals surface area (Å²) in [7, 11) is 0. The van der Waals surface area contributed by atoms with Crippen molar-refractivity contribution >= 4 is 17.7 Å². The van der Waals surface area contributed by atoms with Gasteiger partial charge in [0.1, 0.15) is 18.0 Å². The van der Waals surface area contributed by atoms with Crippen molar-refractivity contribution in [2.24, 2.45) is 11.0 Å². The van der Waals surface area contributed by atoms with Crippen LogP contribution in [0, 0.1) is 23.0 Å². The molecule has 6 nitrogen and oxygen atoms in total. The van der Waals surface area contributed by atoms with Gasteiger partial charge in [0.05, 0.1) is 4.92 Å². The summed E-state index contributed by atoms with van der Waals surface area (Å²) in [6.45, 7) is 1.50. The summed E-state index contributed by atoms with van der Waals surface area (Å²) in [5.74, 6) is -1.15. The van der Waals surface area contributed by atoms with Crippen LogP contribution in [0.25, 0.3) is 0 Å². The number of rotatable bonds is 4. The van der Waals surface area contributed by atoms with Crippen LogP contribution in [-0.2, 0) is 11.2 Å². The Morgan fingerprint density at radius 2 is 2.14 bits per heavy atom. The van der Waals surface area contributed by atoms with E-state index in [4.69, 9.17) is 0 Å². The number of carbonyl (C=O) groups is 1. The first kappa shape index (κ1) is 15.9. The lowest BCUT2D eigenvalue weighted by Gasteiger charge is -2.18. The standard InChI is InChI=1S/C13H12F3N3O3/c1-7-4-8(2-3-11(7)19(21)22)5-9-10(6-20)17-18-12(9)13(14,15)16/h2-4,6,9-10,17H,5H2,1H3. The molecule has 1 aliphatic rings. The molecule has 118 valence electrons. The first-order chi connectivity index (χ1) is 10.2. The third kappa shape index (κ3) is 3.07. The Labute approximate surface area is 123 Å². The molecule has 22 heavy (non-hydrogen) atoms. The van der Waals surface area contributed by atoms with E-state index in [2.05, 4.69) is 10.5 Å². The van der Waals surface area contributed by atoms with Crippen molar-refractivity contribution in [2.75, 3.05) is 0 Å². The lowest BCUT2D eigenvalue weighted by molar-refractivity contribution is -0.385. The minimum Gasteiger partial charge on any atom is -0.301 e. The van der Waals surface area contributed by atoms with E-state index in [-0.39, 0.29) is 12.1 Å². The maximum absolute atomic E-state index is 12.9. The number of aldehydes is 1. The molecule has 0 fully saturated rings. The zero-order valence-electron chi connectivity index (χ0n) is 11.4. The molecule has 0 saturated carbocycles. The zero-order valence-corrected chi connectivity index (χ0v) is 11.4. The summed E-state index contributed by atoms with van der Waals surface area (Å²) in [5, 5.41) is 13.9. The number of carbonyl (C=O) groups excluding carboxylic acids is 1. The second-order valence-electron chi connectivity index (χ2n) is 4.97. The first-order valence-electron chi connectivity index (χ1n) is 6.33. The number of hydrazone groups is 1. The zero-order chi connectivity index (χ0) is 16.5. The fourth-order valence-corrected chi connectivity index (χ4v) is 2.41. The number of benzene rings is 1. The highest BCUT2D eigenvalue weighted by atomic mass is 19.4. The third-order valence-electron chi connectivity index (χ3n) is 3.47. The highest BCUT2D eigenvalue weighted by molar-refractivity contribution is 5.96. The van der Waals surface area contributed by atoms with Crippen molar-refractivity contribution in [3.8, 4) is 0 Å². The summed E-state index contributed by atoms with van der Waals surface area (Å²) in [5.41, 5.74) is 1.84. The Kier molecular flexibility index (Phi) is 4.16. The lowest BCUT2D eigenvalue weighted by Crippen LogP contribution is -2.37. The molecule has 9 heteroatoms. The average molecular weight is 315 g/mol. The van der Waals surface area contributed by atoms with Crippen LogP contribution in [0.3, 0.4) is 0 Å². The van der Waals surface area contributed by atoms with Gasteiger partial charge in [0.2, 0.25) is 0 Å². The molecule has 0 bridgehead atoms. The number of hydrogen-bond acceptors (Lipinski definition) is 5. The van der Waals surface area contributed by atoms with Crippen LogP contribution in [0.2, 0.25) is 0 Å². The van der Waals surface area contributed by atoms with Gasteiger partial charge in [-0.05, 0) is 25.0 Å². The third-order valence-corrected chi connectivity index (χ3v) is 3.47.